The SMILES string of the molecule is CC(CN)c1nc(C2(C)CC2)no1. The first-order chi connectivity index (χ1) is 6.15. The van der Waals surface area contributed by atoms with E-state index in [1.54, 1.807) is 0 Å². The van der Waals surface area contributed by atoms with Gasteiger partial charge in [-0.3, -0.25) is 0 Å². The zero-order chi connectivity index (χ0) is 9.47. The highest BCUT2D eigenvalue weighted by Gasteiger charge is 2.43. The molecule has 1 unspecified atom stereocenters. The van der Waals surface area contributed by atoms with Gasteiger partial charge in [-0.1, -0.05) is 19.0 Å². The lowest BCUT2D eigenvalue weighted by molar-refractivity contribution is 0.354. The average Bonchev–Trinajstić information content (AvgIpc) is 2.72. The lowest BCUT2D eigenvalue weighted by Gasteiger charge is -2.00. The molecule has 4 heteroatoms. The van der Waals surface area contributed by atoms with Crippen LogP contribution in [-0.4, -0.2) is 16.7 Å². The summed E-state index contributed by atoms with van der Waals surface area (Å²) >= 11 is 0. The van der Waals surface area contributed by atoms with Crippen molar-refractivity contribution < 1.29 is 4.52 Å². The third kappa shape index (κ3) is 1.46. The largest absolute Gasteiger partial charge is 0.339 e. The fourth-order valence-corrected chi connectivity index (χ4v) is 1.19. The standard InChI is InChI=1S/C9H15N3O/c1-6(5-10)7-11-8(12-13-7)9(2)3-4-9/h6H,3-5,10H2,1-2H3. The Morgan fingerprint density at radius 3 is 2.85 bits per heavy atom. The van der Waals surface area contributed by atoms with Crippen LogP contribution in [0, 0.1) is 0 Å². The molecule has 2 N–H and O–H groups in total. The normalized spacial score (nSPS) is 21.5. The van der Waals surface area contributed by atoms with Crippen molar-refractivity contribution >= 4 is 0 Å². The fourth-order valence-electron chi connectivity index (χ4n) is 1.19. The van der Waals surface area contributed by atoms with Crippen LogP contribution in [0.25, 0.3) is 0 Å². The zero-order valence-electron chi connectivity index (χ0n) is 8.08. The van der Waals surface area contributed by atoms with E-state index in [0.29, 0.717) is 12.4 Å². The van der Waals surface area contributed by atoms with Gasteiger partial charge in [0.1, 0.15) is 0 Å². The minimum Gasteiger partial charge on any atom is -0.339 e. The summed E-state index contributed by atoms with van der Waals surface area (Å²) in [6, 6.07) is 0. The number of nitrogens with zero attached hydrogens (tertiary/aromatic N) is 2. The van der Waals surface area contributed by atoms with Gasteiger partial charge in [0, 0.05) is 17.9 Å². The van der Waals surface area contributed by atoms with Crippen molar-refractivity contribution in [1.29, 1.82) is 0 Å². The quantitative estimate of drug-likeness (QED) is 0.760. The maximum absolute atomic E-state index is 5.51. The van der Waals surface area contributed by atoms with E-state index in [4.69, 9.17) is 10.3 Å². The van der Waals surface area contributed by atoms with Crippen molar-refractivity contribution in [3.63, 3.8) is 0 Å². The van der Waals surface area contributed by atoms with Crippen LogP contribution >= 0.6 is 0 Å². The highest BCUT2D eigenvalue weighted by Crippen LogP contribution is 2.46. The van der Waals surface area contributed by atoms with Gasteiger partial charge < -0.3 is 10.3 Å². The number of rotatable bonds is 3. The topological polar surface area (TPSA) is 64.9 Å². The molecule has 1 heterocycles. The Hall–Kier alpha value is -0.900. The van der Waals surface area contributed by atoms with E-state index >= 15 is 0 Å². The molecule has 0 saturated heterocycles. The molecule has 1 aliphatic carbocycles. The zero-order valence-corrected chi connectivity index (χ0v) is 8.08. The lowest BCUT2D eigenvalue weighted by atomic mass is 10.1. The maximum Gasteiger partial charge on any atom is 0.230 e. The summed E-state index contributed by atoms with van der Waals surface area (Å²) < 4.78 is 5.14. The van der Waals surface area contributed by atoms with E-state index in [-0.39, 0.29) is 11.3 Å². The van der Waals surface area contributed by atoms with Crippen molar-refractivity contribution in [3.8, 4) is 0 Å². The molecule has 0 amide bonds. The second-order valence-electron chi connectivity index (χ2n) is 4.15. The molecule has 1 aliphatic rings. The van der Waals surface area contributed by atoms with Gasteiger partial charge in [0.25, 0.3) is 0 Å². The van der Waals surface area contributed by atoms with E-state index in [1.807, 2.05) is 6.92 Å². The van der Waals surface area contributed by atoms with Crippen LogP contribution in [-0.2, 0) is 5.41 Å². The molecule has 2 rings (SSSR count). The summed E-state index contributed by atoms with van der Waals surface area (Å²) in [5.41, 5.74) is 5.70. The van der Waals surface area contributed by atoms with Gasteiger partial charge >= 0.3 is 0 Å². The molecule has 1 aromatic heterocycles. The number of hydrogen-bond acceptors (Lipinski definition) is 4. The first kappa shape index (κ1) is 8.69. The van der Waals surface area contributed by atoms with Crippen molar-refractivity contribution in [3.05, 3.63) is 11.7 Å². The van der Waals surface area contributed by atoms with Gasteiger partial charge in [0.05, 0.1) is 0 Å². The molecule has 1 atom stereocenters. The van der Waals surface area contributed by atoms with Gasteiger partial charge in [0.2, 0.25) is 5.89 Å². The van der Waals surface area contributed by atoms with E-state index < -0.39 is 0 Å². The maximum atomic E-state index is 5.51. The van der Waals surface area contributed by atoms with Gasteiger partial charge in [-0.15, -0.1) is 0 Å². The predicted octanol–water partition coefficient (Wildman–Crippen LogP) is 1.18. The van der Waals surface area contributed by atoms with E-state index in [9.17, 15) is 0 Å². The van der Waals surface area contributed by atoms with Crippen molar-refractivity contribution in [2.75, 3.05) is 6.54 Å². The fraction of sp³-hybridized carbons (Fsp3) is 0.778. The Morgan fingerprint density at radius 1 is 1.62 bits per heavy atom. The Morgan fingerprint density at radius 2 is 2.31 bits per heavy atom. The average molecular weight is 181 g/mol. The summed E-state index contributed by atoms with van der Waals surface area (Å²) in [5, 5.41) is 3.98. The van der Waals surface area contributed by atoms with Gasteiger partial charge in [0.15, 0.2) is 5.82 Å². The molecule has 4 nitrogen and oxygen atoms in total. The van der Waals surface area contributed by atoms with E-state index in [2.05, 4.69) is 17.1 Å². The summed E-state index contributed by atoms with van der Waals surface area (Å²) in [6.07, 6.45) is 2.34. The van der Waals surface area contributed by atoms with Gasteiger partial charge in [-0.05, 0) is 12.8 Å². The van der Waals surface area contributed by atoms with Crippen LogP contribution < -0.4 is 5.73 Å². The summed E-state index contributed by atoms with van der Waals surface area (Å²) in [7, 11) is 0. The Kier molecular flexibility index (Phi) is 1.87. The van der Waals surface area contributed by atoms with Crippen LogP contribution in [0.5, 0.6) is 0 Å². The second-order valence-corrected chi connectivity index (χ2v) is 4.15. The predicted molar refractivity (Wildman–Crippen MR) is 48.4 cm³/mol. The Bertz CT molecular complexity index is 304. The molecule has 1 fully saturated rings. The molecule has 72 valence electrons. The number of aromatic nitrogens is 2. The second kappa shape index (κ2) is 2.80. The third-order valence-corrected chi connectivity index (χ3v) is 2.76. The monoisotopic (exact) mass is 181 g/mol. The molecule has 1 aromatic rings. The molecule has 0 spiro atoms. The van der Waals surface area contributed by atoms with Crippen LogP contribution in [0.1, 0.15) is 44.3 Å². The van der Waals surface area contributed by atoms with Crippen molar-refractivity contribution in [2.24, 2.45) is 5.73 Å². The van der Waals surface area contributed by atoms with E-state index in [1.165, 1.54) is 12.8 Å². The Balaban J connectivity index is 2.18. The molecular formula is C9H15N3O. The molecule has 0 aromatic carbocycles. The molecule has 0 radical (unpaired) electrons. The highest BCUT2D eigenvalue weighted by molar-refractivity contribution is 5.14. The molecule has 0 aliphatic heterocycles. The summed E-state index contributed by atoms with van der Waals surface area (Å²) in [6.45, 7) is 4.71. The minimum atomic E-state index is 0.170. The molecular weight excluding hydrogens is 166 g/mol. The lowest BCUT2D eigenvalue weighted by Crippen LogP contribution is -2.10. The summed E-state index contributed by atoms with van der Waals surface area (Å²) in [5.74, 6) is 1.69. The van der Waals surface area contributed by atoms with Crippen LogP contribution in [0.3, 0.4) is 0 Å². The van der Waals surface area contributed by atoms with Gasteiger partial charge in [-0.2, -0.15) is 4.98 Å². The van der Waals surface area contributed by atoms with Gasteiger partial charge in [-0.25, -0.2) is 0 Å². The molecule has 13 heavy (non-hydrogen) atoms. The van der Waals surface area contributed by atoms with Crippen LogP contribution in [0.4, 0.5) is 0 Å². The summed E-state index contributed by atoms with van der Waals surface area (Å²) in [4.78, 5) is 4.36. The minimum absolute atomic E-state index is 0.170. The number of hydrogen-bond donors (Lipinski definition) is 1. The number of nitrogens with two attached hydrogens (primary N) is 1. The van der Waals surface area contributed by atoms with Crippen molar-refractivity contribution in [1.82, 2.24) is 10.1 Å². The third-order valence-electron chi connectivity index (χ3n) is 2.76. The Labute approximate surface area is 77.5 Å². The van der Waals surface area contributed by atoms with Crippen molar-refractivity contribution in [2.45, 2.75) is 38.0 Å². The smallest absolute Gasteiger partial charge is 0.230 e. The van der Waals surface area contributed by atoms with E-state index in [0.717, 1.165) is 5.82 Å². The first-order valence-electron chi connectivity index (χ1n) is 4.70. The van der Waals surface area contributed by atoms with Crippen LogP contribution in [0.15, 0.2) is 4.52 Å². The molecule has 0 bridgehead atoms. The first-order valence-corrected chi connectivity index (χ1v) is 4.70. The van der Waals surface area contributed by atoms with Crippen LogP contribution in [0.2, 0.25) is 0 Å². The molecule has 1 saturated carbocycles. The highest BCUT2D eigenvalue weighted by atomic mass is 16.5.